The second-order valence-corrected chi connectivity index (χ2v) is 2.97. The molecule has 66 valence electrons. The molecule has 1 aromatic rings. The standard InChI is InChI=1S/C11H10O2/c1-13-11-7-6-10(12)8-4-2-3-5-9(8)11/h2-7,11H,1H3. The molecule has 13 heavy (non-hydrogen) atoms. The SMILES string of the molecule is COC1C=CC(=O)c2ccccc21. The number of methoxy groups -OCH3 is 1. The van der Waals surface area contributed by atoms with Crippen LogP contribution in [0.4, 0.5) is 0 Å². The van der Waals surface area contributed by atoms with Crippen LogP contribution < -0.4 is 0 Å². The minimum Gasteiger partial charge on any atom is -0.373 e. The summed E-state index contributed by atoms with van der Waals surface area (Å²) >= 11 is 0. The Morgan fingerprint density at radius 1 is 1.31 bits per heavy atom. The molecule has 2 nitrogen and oxygen atoms in total. The van der Waals surface area contributed by atoms with Gasteiger partial charge in [-0.2, -0.15) is 0 Å². The van der Waals surface area contributed by atoms with E-state index >= 15 is 0 Å². The quantitative estimate of drug-likeness (QED) is 0.651. The summed E-state index contributed by atoms with van der Waals surface area (Å²) in [6, 6.07) is 7.53. The molecule has 0 N–H and O–H groups in total. The molecule has 0 amide bonds. The maximum absolute atomic E-state index is 11.4. The van der Waals surface area contributed by atoms with E-state index in [2.05, 4.69) is 0 Å². The van der Waals surface area contributed by atoms with Crippen LogP contribution >= 0.6 is 0 Å². The number of rotatable bonds is 1. The molecule has 0 heterocycles. The van der Waals surface area contributed by atoms with Crippen LogP contribution in [0.3, 0.4) is 0 Å². The predicted molar refractivity (Wildman–Crippen MR) is 49.7 cm³/mol. The Balaban J connectivity index is 2.54. The van der Waals surface area contributed by atoms with Crippen LogP contribution in [0.2, 0.25) is 0 Å². The number of fused-ring (bicyclic) bond motifs is 1. The van der Waals surface area contributed by atoms with Crippen LogP contribution in [0.15, 0.2) is 36.4 Å². The molecular formula is C11H10O2. The summed E-state index contributed by atoms with van der Waals surface area (Å²) in [6.45, 7) is 0. The third-order valence-electron chi connectivity index (χ3n) is 2.21. The fraction of sp³-hybridized carbons (Fsp3) is 0.182. The van der Waals surface area contributed by atoms with Crippen LogP contribution in [0.5, 0.6) is 0 Å². The number of ether oxygens (including phenoxy) is 1. The van der Waals surface area contributed by atoms with Crippen molar-refractivity contribution in [3.05, 3.63) is 47.5 Å². The highest BCUT2D eigenvalue weighted by Crippen LogP contribution is 2.26. The van der Waals surface area contributed by atoms with Crippen LogP contribution in [0.25, 0.3) is 0 Å². The van der Waals surface area contributed by atoms with Crippen molar-refractivity contribution in [2.24, 2.45) is 0 Å². The normalized spacial score (nSPS) is 20.1. The zero-order chi connectivity index (χ0) is 9.26. The molecule has 0 aliphatic heterocycles. The second kappa shape index (κ2) is 3.15. The fourth-order valence-corrected chi connectivity index (χ4v) is 1.54. The lowest BCUT2D eigenvalue weighted by Gasteiger charge is -2.17. The average Bonchev–Trinajstić information content (AvgIpc) is 2.19. The van der Waals surface area contributed by atoms with Crippen LogP contribution in [0.1, 0.15) is 22.0 Å². The Labute approximate surface area is 76.8 Å². The first-order chi connectivity index (χ1) is 6.33. The Hall–Kier alpha value is -1.41. The number of hydrogen-bond donors (Lipinski definition) is 0. The van der Waals surface area contributed by atoms with Crippen molar-refractivity contribution in [1.82, 2.24) is 0 Å². The van der Waals surface area contributed by atoms with Crippen molar-refractivity contribution in [3.63, 3.8) is 0 Å². The van der Waals surface area contributed by atoms with Gasteiger partial charge >= 0.3 is 0 Å². The summed E-state index contributed by atoms with van der Waals surface area (Å²) in [7, 11) is 1.64. The van der Waals surface area contributed by atoms with Gasteiger partial charge in [0.25, 0.3) is 0 Å². The zero-order valence-electron chi connectivity index (χ0n) is 7.36. The molecule has 1 unspecified atom stereocenters. The molecule has 0 aromatic heterocycles. The van der Waals surface area contributed by atoms with Crippen molar-refractivity contribution in [2.75, 3.05) is 7.11 Å². The minimum atomic E-state index is -0.0751. The first-order valence-corrected chi connectivity index (χ1v) is 4.17. The highest BCUT2D eigenvalue weighted by atomic mass is 16.5. The van der Waals surface area contributed by atoms with Crippen molar-refractivity contribution in [2.45, 2.75) is 6.10 Å². The van der Waals surface area contributed by atoms with Gasteiger partial charge in [0.05, 0.1) is 0 Å². The van der Waals surface area contributed by atoms with Crippen LogP contribution in [0, 0.1) is 0 Å². The van der Waals surface area contributed by atoms with E-state index in [9.17, 15) is 4.79 Å². The lowest BCUT2D eigenvalue weighted by Crippen LogP contribution is -2.11. The number of allylic oxidation sites excluding steroid dienone is 1. The van der Waals surface area contributed by atoms with Crippen molar-refractivity contribution >= 4 is 5.78 Å². The van der Waals surface area contributed by atoms with E-state index in [0.717, 1.165) is 11.1 Å². The monoisotopic (exact) mass is 174 g/mol. The van der Waals surface area contributed by atoms with Crippen molar-refractivity contribution in [3.8, 4) is 0 Å². The Kier molecular flexibility index (Phi) is 1.99. The molecule has 1 aliphatic carbocycles. The highest BCUT2D eigenvalue weighted by molar-refractivity contribution is 6.06. The molecule has 1 aromatic carbocycles. The van der Waals surface area contributed by atoms with Gasteiger partial charge in [0.15, 0.2) is 5.78 Å². The topological polar surface area (TPSA) is 26.3 Å². The van der Waals surface area contributed by atoms with Crippen LogP contribution in [-0.2, 0) is 4.74 Å². The summed E-state index contributed by atoms with van der Waals surface area (Å²) < 4.78 is 5.23. The number of benzene rings is 1. The number of hydrogen-bond acceptors (Lipinski definition) is 2. The van der Waals surface area contributed by atoms with Gasteiger partial charge in [-0.05, 0) is 17.7 Å². The van der Waals surface area contributed by atoms with Gasteiger partial charge in [0.2, 0.25) is 0 Å². The summed E-state index contributed by atoms with van der Waals surface area (Å²) in [5, 5.41) is 0. The highest BCUT2D eigenvalue weighted by Gasteiger charge is 2.19. The van der Waals surface area contributed by atoms with E-state index in [4.69, 9.17) is 4.74 Å². The predicted octanol–water partition coefficient (Wildman–Crippen LogP) is 2.13. The van der Waals surface area contributed by atoms with Gasteiger partial charge in [-0.3, -0.25) is 4.79 Å². The maximum atomic E-state index is 11.4. The second-order valence-electron chi connectivity index (χ2n) is 2.97. The van der Waals surface area contributed by atoms with Gasteiger partial charge in [0.1, 0.15) is 6.10 Å². The molecule has 0 bridgehead atoms. The molecule has 1 aliphatic rings. The molecule has 1 atom stereocenters. The lowest BCUT2D eigenvalue weighted by molar-refractivity contribution is 0.101. The Morgan fingerprint density at radius 3 is 2.85 bits per heavy atom. The molecule has 2 heteroatoms. The first-order valence-electron chi connectivity index (χ1n) is 4.17. The molecule has 0 saturated carbocycles. The van der Waals surface area contributed by atoms with Gasteiger partial charge < -0.3 is 4.74 Å². The van der Waals surface area contributed by atoms with Gasteiger partial charge in [-0.1, -0.05) is 24.3 Å². The summed E-state index contributed by atoms with van der Waals surface area (Å²) in [4.78, 5) is 11.4. The van der Waals surface area contributed by atoms with Gasteiger partial charge in [0, 0.05) is 12.7 Å². The third-order valence-corrected chi connectivity index (χ3v) is 2.21. The van der Waals surface area contributed by atoms with E-state index in [-0.39, 0.29) is 11.9 Å². The third kappa shape index (κ3) is 1.29. The number of ketones is 1. The largest absolute Gasteiger partial charge is 0.373 e. The van der Waals surface area contributed by atoms with Crippen molar-refractivity contribution < 1.29 is 9.53 Å². The summed E-state index contributed by atoms with van der Waals surface area (Å²) in [6.07, 6.45) is 3.27. The average molecular weight is 174 g/mol. The molecular weight excluding hydrogens is 164 g/mol. The molecule has 0 saturated heterocycles. The zero-order valence-corrected chi connectivity index (χ0v) is 7.36. The number of carbonyl (C=O) groups is 1. The molecule has 0 fully saturated rings. The smallest absolute Gasteiger partial charge is 0.186 e. The van der Waals surface area contributed by atoms with Crippen LogP contribution in [-0.4, -0.2) is 12.9 Å². The molecule has 0 spiro atoms. The first kappa shape index (κ1) is 8.20. The van der Waals surface area contributed by atoms with E-state index in [1.54, 1.807) is 19.3 Å². The van der Waals surface area contributed by atoms with Gasteiger partial charge in [-0.25, -0.2) is 0 Å². The van der Waals surface area contributed by atoms with Crippen molar-refractivity contribution in [1.29, 1.82) is 0 Å². The summed E-state index contributed by atoms with van der Waals surface area (Å²) in [5.41, 5.74) is 1.70. The Bertz CT molecular complexity index is 366. The van der Waals surface area contributed by atoms with E-state index in [1.165, 1.54) is 0 Å². The minimum absolute atomic E-state index is 0.0592. The maximum Gasteiger partial charge on any atom is 0.186 e. The summed E-state index contributed by atoms with van der Waals surface area (Å²) in [5.74, 6) is 0.0592. The fourth-order valence-electron chi connectivity index (χ4n) is 1.54. The van der Waals surface area contributed by atoms with E-state index < -0.39 is 0 Å². The molecule has 0 radical (unpaired) electrons. The van der Waals surface area contributed by atoms with E-state index in [0.29, 0.717) is 0 Å². The lowest BCUT2D eigenvalue weighted by atomic mass is 9.94. The number of carbonyl (C=O) groups excluding carboxylic acids is 1. The van der Waals surface area contributed by atoms with Gasteiger partial charge in [-0.15, -0.1) is 0 Å². The van der Waals surface area contributed by atoms with E-state index in [1.807, 2.05) is 24.3 Å². The molecule has 2 rings (SSSR count). The Morgan fingerprint density at radius 2 is 2.08 bits per heavy atom.